The number of hydrogen-bond acceptors (Lipinski definition) is 3. The Bertz CT molecular complexity index is 340. The average Bonchev–Trinajstić information content (AvgIpc) is 2.85. The SMILES string of the molecule is CC1CCN(C(=O)c2cn[nH]n2)C1CBr. The maximum absolute atomic E-state index is 12.0. The maximum atomic E-state index is 12.0. The van der Waals surface area contributed by atoms with E-state index in [1.807, 2.05) is 4.90 Å². The van der Waals surface area contributed by atoms with Crippen molar-refractivity contribution in [2.75, 3.05) is 11.9 Å². The number of H-pyrrole nitrogens is 1. The van der Waals surface area contributed by atoms with Gasteiger partial charge >= 0.3 is 0 Å². The molecule has 0 bridgehead atoms. The molecule has 1 saturated heterocycles. The van der Waals surface area contributed by atoms with Crippen molar-refractivity contribution in [3.63, 3.8) is 0 Å². The van der Waals surface area contributed by atoms with Gasteiger partial charge in [-0.2, -0.15) is 15.4 Å². The summed E-state index contributed by atoms with van der Waals surface area (Å²) in [6, 6.07) is 0.272. The van der Waals surface area contributed by atoms with Gasteiger partial charge in [-0.1, -0.05) is 22.9 Å². The second-order valence-electron chi connectivity index (χ2n) is 3.84. The van der Waals surface area contributed by atoms with E-state index in [9.17, 15) is 4.79 Å². The Morgan fingerprint density at radius 3 is 3.20 bits per heavy atom. The molecule has 5 nitrogen and oxygen atoms in total. The second kappa shape index (κ2) is 4.30. The van der Waals surface area contributed by atoms with Crippen LogP contribution in [0.15, 0.2) is 6.20 Å². The summed E-state index contributed by atoms with van der Waals surface area (Å²) in [5.41, 5.74) is 0.398. The number of alkyl halides is 1. The summed E-state index contributed by atoms with van der Waals surface area (Å²) in [7, 11) is 0. The molecule has 6 heteroatoms. The van der Waals surface area contributed by atoms with Gasteiger partial charge in [0.05, 0.1) is 6.20 Å². The van der Waals surface area contributed by atoms with Gasteiger partial charge in [-0.05, 0) is 12.3 Å². The summed E-state index contributed by atoms with van der Waals surface area (Å²) in [6.07, 6.45) is 2.52. The molecule has 2 rings (SSSR count). The van der Waals surface area contributed by atoms with E-state index >= 15 is 0 Å². The van der Waals surface area contributed by atoms with Crippen LogP contribution >= 0.6 is 15.9 Å². The van der Waals surface area contributed by atoms with Gasteiger partial charge in [0.15, 0.2) is 5.69 Å². The molecular formula is C9H13BrN4O. The van der Waals surface area contributed by atoms with Crippen molar-refractivity contribution < 1.29 is 4.79 Å². The lowest BCUT2D eigenvalue weighted by Crippen LogP contribution is -2.38. The second-order valence-corrected chi connectivity index (χ2v) is 4.49. The third-order valence-electron chi connectivity index (χ3n) is 2.94. The molecule has 0 radical (unpaired) electrons. The first-order valence-corrected chi connectivity index (χ1v) is 6.09. The van der Waals surface area contributed by atoms with E-state index in [-0.39, 0.29) is 11.9 Å². The molecule has 1 aromatic heterocycles. The van der Waals surface area contributed by atoms with Gasteiger partial charge in [0.25, 0.3) is 5.91 Å². The molecule has 0 aromatic carbocycles. The zero-order valence-electron chi connectivity index (χ0n) is 8.48. The third kappa shape index (κ3) is 1.90. The number of carbonyl (C=O) groups is 1. The Balaban J connectivity index is 2.14. The van der Waals surface area contributed by atoms with Crippen molar-refractivity contribution in [1.29, 1.82) is 0 Å². The number of carbonyl (C=O) groups excluding carboxylic acids is 1. The Hall–Kier alpha value is -0.910. The summed E-state index contributed by atoms with van der Waals surface area (Å²) in [4.78, 5) is 13.9. The van der Waals surface area contributed by atoms with Gasteiger partial charge < -0.3 is 4.90 Å². The number of rotatable bonds is 2. The number of aromatic amines is 1. The van der Waals surface area contributed by atoms with Gasteiger partial charge in [-0.3, -0.25) is 4.79 Å². The first kappa shape index (κ1) is 10.6. The fraction of sp³-hybridized carbons (Fsp3) is 0.667. The summed E-state index contributed by atoms with van der Waals surface area (Å²) >= 11 is 3.45. The van der Waals surface area contributed by atoms with Crippen molar-refractivity contribution in [2.24, 2.45) is 5.92 Å². The molecule has 0 saturated carbocycles. The minimum atomic E-state index is -0.0300. The van der Waals surface area contributed by atoms with Gasteiger partial charge in [0.2, 0.25) is 0 Å². The molecule has 1 fully saturated rings. The number of nitrogens with zero attached hydrogens (tertiary/aromatic N) is 3. The first-order valence-electron chi connectivity index (χ1n) is 4.96. The molecule has 1 N–H and O–H groups in total. The molecule has 2 unspecified atom stereocenters. The lowest BCUT2D eigenvalue weighted by atomic mass is 10.1. The van der Waals surface area contributed by atoms with Gasteiger partial charge in [-0.25, -0.2) is 0 Å². The molecule has 1 aliphatic rings. The first-order chi connectivity index (χ1) is 7.24. The smallest absolute Gasteiger partial charge is 0.276 e. The monoisotopic (exact) mass is 272 g/mol. The molecule has 2 heterocycles. The summed E-state index contributed by atoms with van der Waals surface area (Å²) in [5, 5.41) is 10.7. The van der Waals surface area contributed by atoms with E-state index in [1.165, 1.54) is 6.20 Å². The van der Waals surface area contributed by atoms with E-state index in [0.29, 0.717) is 11.6 Å². The zero-order chi connectivity index (χ0) is 10.8. The molecule has 2 atom stereocenters. The van der Waals surface area contributed by atoms with Crippen LogP contribution in [0.25, 0.3) is 0 Å². The average molecular weight is 273 g/mol. The van der Waals surface area contributed by atoms with Gasteiger partial charge in [0, 0.05) is 17.9 Å². The van der Waals surface area contributed by atoms with Crippen molar-refractivity contribution in [2.45, 2.75) is 19.4 Å². The number of hydrogen-bond donors (Lipinski definition) is 1. The quantitative estimate of drug-likeness (QED) is 0.819. The highest BCUT2D eigenvalue weighted by Crippen LogP contribution is 2.26. The lowest BCUT2D eigenvalue weighted by Gasteiger charge is -2.24. The van der Waals surface area contributed by atoms with Crippen LogP contribution in [0.4, 0.5) is 0 Å². The zero-order valence-corrected chi connectivity index (χ0v) is 10.1. The van der Waals surface area contributed by atoms with Gasteiger partial charge in [0.1, 0.15) is 0 Å². The predicted octanol–water partition coefficient (Wildman–Crippen LogP) is 1.05. The molecule has 0 aliphatic carbocycles. The molecule has 1 aromatic rings. The van der Waals surface area contributed by atoms with Crippen LogP contribution in [0.2, 0.25) is 0 Å². The number of nitrogens with one attached hydrogen (secondary N) is 1. The minimum absolute atomic E-state index is 0.0300. The number of halogens is 1. The van der Waals surface area contributed by atoms with E-state index < -0.39 is 0 Å². The van der Waals surface area contributed by atoms with Crippen LogP contribution in [0.1, 0.15) is 23.8 Å². The Kier molecular flexibility index (Phi) is 3.04. The highest BCUT2D eigenvalue weighted by molar-refractivity contribution is 9.09. The fourth-order valence-corrected chi connectivity index (χ4v) is 2.94. The summed E-state index contributed by atoms with van der Waals surface area (Å²) in [5.74, 6) is 0.512. The Morgan fingerprint density at radius 2 is 2.60 bits per heavy atom. The van der Waals surface area contributed by atoms with Gasteiger partial charge in [-0.15, -0.1) is 0 Å². The number of amides is 1. The van der Waals surface area contributed by atoms with Crippen LogP contribution in [-0.2, 0) is 0 Å². The Labute approximate surface area is 96.4 Å². The molecular weight excluding hydrogens is 260 g/mol. The largest absolute Gasteiger partial charge is 0.333 e. The van der Waals surface area contributed by atoms with Crippen LogP contribution < -0.4 is 0 Å². The molecule has 15 heavy (non-hydrogen) atoms. The van der Waals surface area contributed by atoms with E-state index in [0.717, 1.165) is 18.3 Å². The van der Waals surface area contributed by atoms with Crippen LogP contribution in [-0.4, -0.2) is 44.1 Å². The molecule has 82 valence electrons. The van der Waals surface area contributed by atoms with Crippen molar-refractivity contribution in [1.82, 2.24) is 20.3 Å². The molecule has 1 amide bonds. The van der Waals surface area contributed by atoms with Crippen molar-refractivity contribution in [3.8, 4) is 0 Å². The highest BCUT2D eigenvalue weighted by atomic mass is 79.9. The van der Waals surface area contributed by atoms with E-state index in [4.69, 9.17) is 0 Å². The minimum Gasteiger partial charge on any atom is -0.333 e. The summed E-state index contributed by atoms with van der Waals surface area (Å²) < 4.78 is 0. The standard InChI is InChI=1S/C9H13BrN4O/c1-6-2-3-14(8(6)4-10)9(15)7-5-11-13-12-7/h5-6,8H,2-4H2,1H3,(H,11,12,13). The number of likely N-dealkylation sites (tertiary alicyclic amines) is 1. The van der Waals surface area contributed by atoms with Crippen LogP contribution in [0, 0.1) is 5.92 Å². The normalized spacial score (nSPS) is 25.9. The van der Waals surface area contributed by atoms with E-state index in [2.05, 4.69) is 38.3 Å². The van der Waals surface area contributed by atoms with Crippen molar-refractivity contribution >= 4 is 21.8 Å². The lowest BCUT2D eigenvalue weighted by molar-refractivity contribution is 0.0732. The maximum Gasteiger partial charge on any atom is 0.276 e. The Morgan fingerprint density at radius 1 is 1.80 bits per heavy atom. The molecule has 0 spiro atoms. The fourth-order valence-electron chi connectivity index (χ4n) is 1.95. The van der Waals surface area contributed by atoms with E-state index in [1.54, 1.807) is 0 Å². The molecule has 1 aliphatic heterocycles. The van der Waals surface area contributed by atoms with Crippen LogP contribution in [0.3, 0.4) is 0 Å². The third-order valence-corrected chi connectivity index (χ3v) is 3.60. The predicted molar refractivity (Wildman–Crippen MR) is 58.8 cm³/mol. The van der Waals surface area contributed by atoms with Crippen LogP contribution in [0.5, 0.6) is 0 Å². The highest BCUT2D eigenvalue weighted by Gasteiger charge is 2.34. The topological polar surface area (TPSA) is 61.9 Å². The van der Waals surface area contributed by atoms with Crippen molar-refractivity contribution in [3.05, 3.63) is 11.9 Å². The number of aromatic nitrogens is 3. The summed E-state index contributed by atoms with van der Waals surface area (Å²) in [6.45, 7) is 2.98.